The van der Waals surface area contributed by atoms with Crippen molar-refractivity contribution in [2.45, 2.75) is 43.8 Å². The number of nitrogens with one attached hydrogen (secondary N) is 2. The predicted molar refractivity (Wildman–Crippen MR) is 133 cm³/mol. The molecule has 8 nitrogen and oxygen atoms in total. The van der Waals surface area contributed by atoms with Gasteiger partial charge in [-0.25, -0.2) is 9.78 Å². The first kappa shape index (κ1) is 23.8. The van der Waals surface area contributed by atoms with Crippen LogP contribution in [0.15, 0.2) is 58.5 Å². The van der Waals surface area contributed by atoms with Crippen LogP contribution in [0.4, 0.5) is 4.79 Å². The maximum absolute atomic E-state index is 13.4. The first-order valence-corrected chi connectivity index (χ1v) is 12.3. The van der Waals surface area contributed by atoms with E-state index in [1.165, 1.54) is 18.1 Å². The van der Waals surface area contributed by atoms with E-state index in [1.807, 2.05) is 6.07 Å². The summed E-state index contributed by atoms with van der Waals surface area (Å²) in [5, 5.41) is 6.12. The van der Waals surface area contributed by atoms with Crippen molar-refractivity contribution >= 4 is 34.6 Å². The van der Waals surface area contributed by atoms with Crippen LogP contribution in [-0.2, 0) is 4.79 Å². The number of imide groups is 1. The molecule has 2 aromatic carbocycles. The minimum absolute atomic E-state index is 0.0758. The first-order valence-electron chi connectivity index (χ1n) is 11.4. The number of urea groups is 1. The Morgan fingerprint density at radius 3 is 2.65 bits per heavy atom. The number of carbonyl (C=O) groups excluding carboxylic acids is 2. The van der Waals surface area contributed by atoms with Crippen molar-refractivity contribution in [1.82, 2.24) is 20.2 Å². The van der Waals surface area contributed by atoms with Crippen LogP contribution in [0.2, 0.25) is 0 Å². The van der Waals surface area contributed by atoms with Crippen molar-refractivity contribution in [3.05, 3.63) is 58.9 Å². The van der Waals surface area contributed by atoms with Gasteiger partial charge in [-0.15, -0.1) is 0 Å². The van der Waals surface area contributed by atoms with Crippen LogP contribution in [-0.4, -0.2) is 40.4 Å². The minimum Gasteiger partial charge on any atom is -0.495 e. The molecule has 34 heavy (non-hydrogen) atoms. The van der Waals surface area contributed by atoms with Crippen LogP contribution in [0.3, 0.4) is 0 Å². The summed E-state index contributed by atoms with van der Waals surface area (Å²) >= 11 is 1.09. The number of methoxy groups -OCH3 is 1. The van der Waals surface area contributed by atoms with Gasteiger partial charge in [0.2, 0.25) is 5.91 Å². The molecule has 2 atom stereocenters. The molecule has 1 aliphatic carbocycles. The maximum Gasteiger partial charge on any atom is 0.321 e. The molecule has 1 fully saturated rings. The highest BCUT2D eigenvalue weighted by molar-refractivity contribution is 7.99. The molecular formula is C25H28N4O4S. The number of rotatable bonds is 6. The molecule has 0 radical (unpaired) electrons. The third kappa shape index (κ3) is 5.25. The molecule has 0 aliphatic heterocycles. The van der Waals surface area contributed by atoms with Gasteiger partial charge in [0.25, 0.3) is 5.56 Å². The van der Waals surface area contributed by atoms with E-state index in [0.717, 1.165) is 31.0 Å². The average molecular weight is 481 g/mol. The SMILES string of the molecule is COc1ccccc1-n1c(SCC(=O)NC(=O)N[C@@H]2CCCC[C@H]2C)nc2ccccc2c1=O. The Kier molecular flexibility index (Phi) is 7.52. The molecular weight excluding hydrogens is 452 g/mol. The van der Waals surface area contributed by atoms with Crippen LogP contribution in [0.5, 0.6) is 5.75 Å². The largest absolute Gasteiger partial charge is 0.495 e. The van der Waals surface area contributed by atoms with Gasteiger partial charge in [0.15, 0.2) is 5.16 Å². The summed E-state index contributed by atoms with van der Waals surface area (Å²) in [6, 6.07) is 13.8. The van der Waals surface area contributed by atoms with Gasteiger partial charge >= 0.3 is 6.03 Å². The van der Waals surface area contributed by atoms with Gasteiger partial charge in [0, 0.05) is 6.04 Å². The van der Waals surface area contributed by atoms with Crippen LogP contribution in [0.25, 0.3) is 16.6 Å². The quantitative estimate of drug-likeness (QED) is 0.410. The van der Waals surface area contributed by atoms with Crippen LogP contribution >= 0.6 is 11.8 Å². The van der Waals surface area contributed by atoms with Gasteiger partial charge < -0.3 is 10.1 Å². The fourth-order valence-corrected chi connectivity index (χ4v) is 5.07. The molecule has 0 saturated heterocycles. The summed E-state index contributed by atoms with van der Waals surface area (Å²) in [4.78, 5) is 42.9. The van der Waals surface area contributed by atoms with Crippen LogP contribution in [0, 0.1) is 5.92 Å². The summed E-state index contributed by atoms with van der Waals surface area (Å²) in [5.74, 6) is 0.364. The zero-order valence-electron chi connectivity index (χ0n) is 19.2. The van der Waals surface area contributed by atoms with Crippen molar-refractivity contribution < 1.29 is 14.3 Å². The van der Waals surface area contributed by atoms with Gasteiger partial charge in [-0.3, -0.25) is 19.5 Å². The van der Waals surface area contributed by atoms with Gasteiger partial charge in [0.05, 0.1) is 29.5 Å². The van der Waals surface area contributed by atoms with E-state index < -0.39 is 11.9 Å². The van der Waals surface area contributed by atoms with E-state index in [4.69, 9.17) is 4.74 Å². The number of benzene rings is 2. The van der Waals surface area contributed by atoms with Crippen molar-refractivity contribution in [2.24, 2.45) is 5.92 Å². The lowest BCUT2D eigenvalue weighted by Crippen LogP contribution is -2.48. The van der Waals surface area contributed by atoms with Crippen molar-refractivity contribution in [3.8, 4) is 11.4 Å². The van der Waals surface area contributed by atoms with Gasteiger partial charge in [-0.2, -0.15) is 0 Å². The van der Waals surface area contributed by atoms with Crippen molar-refractivity contribution in [2.75, 3.05) is 12.9 Å². The van der Waals surface area contributed by atoms with E-state index in [0.29, 0.717) is 33.4 Å². The maximum atomic E-state index is 13.4. The third-order valence-electron chi connectivity index (χ3n) is 6.08. The summed E-state index contributed by atoms with van der Waals surface area (Å²) in [7, 11) is 1.53. The summed E-state index contributed by atoms with van der Waals surface area (Å²) in [6.07, 6.45) is 4.24. The van der Waals surface area contributed by atoms with Crippen molar-refractivity contribution in [3.63, 3.8) is 0 Å². The lowest BCUT2D eigenvalue weighted by atomic mass is 9.86. The summed E-state index contributed by atoms with van der Waals surface area (Å²) in [5.41, 5.74) is 0.799. The standard InChI is InChI=1S/C25H28N4O4S/c1-16-9-3-5-11-18(16)26-24(32)28-22(30)15-34-25-27-19-12-6-4-10-17(19)23(31)29(25)20-13-7-8-14-21(20)33-2/h4,6-8,10,12-14,16,18H,3,5,9,11,15H2,1-2H3,(H2,26,28,30,32)/t16-,18-/m1/s1. The molecule has 2 N–H and O–H groups in total. The van der Waals surface area contributed by atoms with E-state index >= 15 is 0 Å². The minimum atomic E-state index is -0.488. The molecule has 1 aliphatic rings. The van der Waals surface area contributed by atoms with E-state index in [9.17, 15) is 14.4 Å². The number of amides is 3. The molecule has 3 aromatic rings. The second kappa shape index (κ2) is 10.7. The van der Waals surface area contributed by atoms with E-state index in [-0.39, 0.29) is 17.4 Å². The Bertz CT molecular complexity index is 1260. The van der Waals surface area contributed by atoms with E-state index in [1.54, 1.807) is 42.5 Å². The Hall–Kier alpha value is -3.33. The molecule has 4 rings (SSSR count). The normalized spacial score (nSPS) is 17.8. The fourth-order valence-electron chi connectivity index (χ4n) is 4.26. The molecule has 1 saturated carbocycles. The Morgan fingerprint density at radius 1 is 1.12 bits per heavy atom. The molecule has 1 heterocycles. The first-order chi connectivity index (χ1) is 16.5. The Labute approximate surface area is 202 Å². The lowest BCUT2D eigenvalue weighted by molar-refractivity contribution is -0.117. The molecule has 9 heteroatoms. The predicted octanol–water partition coefficient (Wildman–Crippen LogP) is 3.89. The van der Waals surface area contributed by atoms with E-state index in [2.05, 4.69) is 22.5 Å². The van der Waals surface area contributed by atoms with Gasteiger partial charge in [-0.1, -0.05) is 55.8 Å². The highest BCUT2D eigenvalue weighted by Gasteiger charge is 2.24. The van der Waals surface area contributed by atoms with Crippen LogP contribution < -0.4 is 20.9 Å². The van der Waals surface area contributed by atoms with Gasteiger partial charge in [0.1, 0.15) is 5.75 Å². The molecule has 0 bridgehead atoms. The Morgan fingerprint density at radius 2 is 1.85 bits per heavy atom. The fraction of sp³-hybridized carbons (Fsp3) is 0.360. The lowest BCUT2D eigenvalue weighted by Gasteiger charge is -2.29. The summed E-state index contributed by atoms with van der Waals surface area (Å²) in [6.45, 7) is 2.12. The number of hydrogen-bond donors (Lipinski definition) is 2. The number of thioether (sulfide) groups is 1. The molecule has 0 spiro atoms. The number of carbonyl (C=O) groups is 2. The zero-order valence-corrected chi connectivity index (χ0v) is 20.1. The number of nitrogens with zero attached hydrogens (tertiary/aromatic N) is 2. The monoisotopic (exact) mass is 480 g/mol. The molecule has 3 amide bonds. The second-order valence-corrected chi connectivity index (χ2v) is 9.34. The number of para-hydroxylation sites is 3. The topological polar surface area (TPSA) is 102 Å². The second-order valence-electron chi connectivity index (χ2n) is 8.40. The number of fused-ring (bicyclic) bond motifs is 1. The highest BCUT2D eigenvalue weighted by Crippen LogP contribution is 2.27. The molecule has 178 valence electrons. The van der Waals surface area contributed by atoms with Crippen LogP contribution in [0.1, 0.15) is 32.6 Å². The third-order valence-corrected chi connectivity index (χ3v) is 7.02. The number of hydrogen-bond acceptors (Lipinski definition) is 6. The summed E-state index contributed by atoms with van der Waals surface area (Å²) < 4.78 is 6.90. The van der Waals surface area contributed by atoms with Gasteiger partial charge in [-0.05, 0) is 43.0 Å². The number of ether oxygens (including phenoxy) is 1. The Balaban J connectivity index is 1.55. The zero-order chi connectivity index (χ0) is 24.1. The molecule has 0 unspecified atom stereocenters. The highest BCUT2D eigenvalue weighted by atomic mass is 32.2. The van der Waals surface area contributed by atoms with Crippen molar-refractivity contribution in [1.29, 1.82) is 0 Å². The number of aromatic nitrogens is 2. The average Bonchev–Trinajstić information content (AvgIpc) is 2.84. The smallest absolute Gasteiger partial charge is 0.321 e. The molecule has 1 aromatic heterocycles.